The molecule has 0 saturated carbocycles. The predicted octanol–water partition coefficient (Wildman–Crippen LogP) is 4.66. The van der Waals surface area contributed by atoms with E-state index in [1.54, 1.807) is 14.2 Å². The van der Waals surface area contributed by atoms with Gasteiger partial charge in [0, 0.05) is 14.2 Å². The van der Waals surface area contributed by atoms with E-state index >= 15 is 0 Å². The fourth-order valence-corrected chi connectivity index (χ4v) is 10.5. The quantitative estimate of drug-likeness (QED) is 0.569. The highest BCUT2D eigenvalue weighted by atomic mass is 28.4. The summed E-state index contributed by atoms with van der Waals surface area (Å²) >= 11 is 0. The fourth-order valence-electron chi connectivity index (χ4n) is 3.53. The molecular weight excluding hydrogens is 312 g/mol. The van der Waals surface area contributed by atoms with Crippen molar-refractivity contribution in [2.45, 2.75) is 83.5 Å². The lowest BCUT2D eigenvalue weighted by Crippen LogP contribution is -2.53. The lowest BCUT2D eigenvalue weighted by molar-refractivity contribution is -0.140. The monoisotopic (exact) mass is 347 g/mol. The van der Waals surface area contributed by atoms with Crippen LogP contribution in [0.1, 0.15) is 61.8 Å². The third-order valence-corrected chi connectivity index (χ3v) is 13.1. The first-order valence-electron chi connectivity index (χ1n) is 8.23. The van der Waals surface area contributed by atoms with Crippen molar-refractivity contribution in [2.75, 3.05) is 14.2 Å². The van der Waals surface area contributed by atoms with E-state index in [1.165, 1.54) is 0 Å². The summed E-state index contributed by atoms with van der Waals surface area (Å²) in [7, 11) is -0.726. The molecule has 0 fully saturated rings. The van der Waals surface area contributed by atoms with Gasteiger partial charge in [0.15, 0.2) is 0 Å². The van der Waals surface area contributed by atoms with Gasteiger partial charge in [-0.25, -0.2) is 0 Å². The highest BCUT2D eigenvalue weighted by molar-refractivity contribution is 6.79. The van der Waals surface area contributed by atoms with Crippen LogP contribution < -0.4 is 0 Å². The van der Waals surface area contributed by atoms with E-state index in [2.05, 4.69) is 41.5 Å². The smallest absolute Gasteiger partial charge is 0.402 e. The van der Waals surface area contributed by atoms with Crippen LogP contribution in [0, 0.1) is 0 Å². The van der Waals surface area contributed by atoms with Crippen LogP contribution in [0.15, 0.2) is 0 Å². The molecule has 1 atom stereocenters. The molecule has 6 heteroatoms. The van der Waals surface area contributed by atoms with Crippen molar-refractivity contribution < 1.29 is 18.1 Å². The van der Waals surface area contributed by atoms with Gasteiger partial charge >= 0.3 is 9.28 Å². The first kappa shape index (κ1) is 21.8. The minimum atomic E-state index is -2.23. The summed E-state index contributed by atoms with van der Waals surface area (Å²) in [5, 5.41) is -0.689. The summed E-state index contributed by atoms with van der Waals surface area (Å²) < 4.78 is 17.3. The summed E-state index contributed by atoms with van der Waals surface area (Å²) in [6.07, 6.45) is 0.653. The van der Waals surface area contributed by atoms with Gasteiger partial charge in [-0.15, -0.1) is 0 Å². The van der Waals surface area contributed by atoms with E-state index in [0.29, 0.717) is 23.0 Å². The first-order chi connectivity index (χ1) is 10.0. The zero-order valence-electron chi connectivity index (χ0n) is 16.1. The predicted molar refractivity (Wildman–Crippen MR) is 95.6 cm³/mol. The number of rotatable bonds is 9. The lowest BCUT2D eigenvalue weighted by Gasteiger charge is -2.43. The van der Waals surface area contributed by atoms with Gasteiger partial charge in [-0.1, -0.05) is 48.5 Å². The molecule has 0 rings (SSSR count). The fraction of sp³-hybridized carbons (Fsp3) is 0.938. The van der Waals surface area contributed by atoms with Crippen molar-refractivity contribution in [3.05, 3.63) is 0 Å². The first-order valence-corrected chi connectivity index (χ1v) is 11.7. The molecule has 0 aromatic carbocycles. The van der Waals surface area contributed by atoms with Crippen molar-refractivity contribution in [1.29, 1.82) is 0 Å². The van der Waals surface area contributed by atoms with Crippen molar-refractivity contribution in [2.24, 2.45) is 0 Å². The third kappa shape index (κ3) is 4.02. The Labute approximate surface area is 139 Å². The van der Waals surface area contributed by atoms with E-state index < -0.39 is 22.6 Å². The topological polar surface area (TPSA) is 44.8 Å². The lowest BCUT2D eigenvalue weighted by atomic mass is 10.1. The Morgan fingerprint density at radius 1 is 1.00 bits per heavy atom. The number of hydrogen-bond acceptors (Lipinski definition) is 4. The van der Waals surface area contributed by atoms with Gasteiger partial charge in [0.1, 0.15) is 5.04 Å². The minimum Gasteiger partial charge on any atom is -0.518 e. The molecule has 0 aliphatic carbocycles. The molecule has 0 aliphatic rings. The van der Waals surface area contributed by atoms with E-state index in [1.807, 2.05) is 13.8 Å². The second kappa shape index (κ2) is 8.61. The molecule has 0 bridgehead atoms. The van der Waals surface area contributed by atoms with Gasteiger partial charge in [0.2, 0.25) is 0 Å². The zero-order valence-corrected chi connectivity index (χ0v) is 18.1. The standard InChI is InChI=1S/C16H35O4Si2/c1-11-16(8,21(18-9)19-10)15(17)20-22(12(2)3,13(4)5)14(6)7/h12-14H,11H2,1-10H3. The number of hydrogen-bond donors (Lipinski definition) is 0. The summed E-state index contributed by atoms with van der Waals surface area (Å²) in [6, 6.07) is 0. The molecule has 1 unspecified atom stereocenters. The third-order valence-electron chi connectivity index (χ3n) is 4.96. The molecule has 0 N–H and O–H groups in total. The summed E-state index contributed by atoms with van der Waals surface area (Å²) in [6.45, 7) is 17.0. The molecule has 4 nitrogen and oxygen atoms in total. The van der Waals surface area contributed by atoms with Crippen LogP contribution in [-0.2, 0) is 18.1 Å². The normalized spacial score (nSPS) is 15.7. The number of carbonyl (C=O) groups excluding carboxylic acids is 1. The second-order valence-electron chi connectivity index (χ2n) is 7.09. The maximum absolute atomic E-state index is 13.1. The van der Waals surface area contributed by atoms with Crippen LogP contribution in [0.5, 0.6) is 0 Å². The van der Waals surface area contributed by atoms with E-state index in [4.69, 9.17) is 13.3 Å². The molecule has 0 saturated heterocycles. The Morgan fingerprint density at radius 2 is 1.36 bits per heavy atom. The van der Waals surface area contributed by atoms with Crippen LogP contribution in [0.4, 0.5) is 0 Å². The van der Waals surface area contributed by atoms with Crippen LogP contribution in [-0.4, -0.2) is 37.8 Å². The maximum atomic E-state index is 13.1. The molecular formula is C16H35O4Si2. The zero-order chi connectivity index (χ0) is 17.7. The molecule has 0 heterocycles. The molecule has 22 heavy (non-hydrogen) atoms. The molecule has 131 valence electrons. The second-order valence-corrected chi connectivity index (χ2v) is 15.0. The molecule has 0 spiro atoms. The molecule has 0 aromatic rings. The van der Waals surface area contributed by atoms with Crippen molar-refractivity contribution in [3.8, 4) is 0 Å². The van der Waals surface area contributed by atoms with E-state index in [9.17, 15) is 4.79 Å². The molecule has 0 aliphatic heterocycles. The van der Waals surface area contributed by atoms with Crippen molar-refractivity contribution >= 4 is 23.6 Å². The Morgan fingerprint density at radius 3 is 1.59 bits per heavy atom. The molecule has 1 radical (unpaired) electrons. The highest BCUT2D eigenvalue weighted by Crippen LogP contribution is 2.45. The van der Waals surface area contributed by atoms with Crippen LogP contribution in [0.25, 0.3) is 0 Å². The highest BCUT2D eigenvalue weighted by Gasteiger charge is 2.53. The van der Waals surface area contributed by atoms with Gasteiger partial charge < -0.3 is 13.3 Å². The average Bonchev–Trinajstić information content (AvgIpc) is 2.43. The van der Waals surface area contributed by atoms with Crippen molar-refractivity contribution in [3.63, 3.8) is 0 Å². The van der Waals surface area contributed by atoms with Gasteiger partial charge in [-0.05, 0) is 30.0 Å². The SMILES string of the molecule is CCC(C)(C(=O)O[Si](C(C)C)(C(C)C)C(C)C)[Si](OC)OC. The van der Waals surface area contributed by atoms with E-state index in [0.717, 1.165) is 0 Å². The van der Waals surface area contributed by atoms with Crippen molar-refractivity contribution in [1.82, 2.24) is 0 Å². The number of carbonyl (C=O) groups is 1. The van der Waals surface area contributed by atoms with E-state index in [-0.39, 0.29) is 5.97 Å². The van der Waals surface area contributed by atoms with Crippen LogP contribution in [0.3, 0.4) is 0 Å². The van der Waals surface area contributed by atoms with Crippen LogP contribution >= 0.6 is 0 Å². The summed E-state index contributed by atoms with van der Waals surface area (Å²) in [5.41, 5.74) is 1.12. The minimum absolute atomic E-state index is 0.143. The molecule has 0 amide bonds. The summed E-state index contributed by atoms with van der Waals surface area (Å²) in [5.74, 6) is -0.143. The molecule has 0 aromatic heterocycles. The van der Waals surface area contributed by atoms with Gasteiger partial charge in [-0.2, -0.15) is 0 Å². The van der Waals surface area contributed by atoms with Crippen LogP contribution in [0.2, 0.25) is 21.7 Å². The van der Waals surface area contributed by atoms with Gasteiger partial charge in [0.05, 0.1) is 0 Å². The average molecular weight is 348 g/mol. The maximum Gasteiger partial charge on any atom is 0.402 e. The van der Waals surface area contributed by atoms with Gasteiger partial charge in [-0.3, -0.25) is 4.79 Å². The Bertz CT molecular complexity index is 332. The summed E-state index contributed by atoms with van der Waals surface area (Å²) in [4.78, 5) is 13.1. The van der Waals surface area contributed by atoms with Gasteiger partial charge in [0.25, 0.3) is 14.3 Å². The Hall–Kier alpha value is -0.176. The Balaban J connectivity index is 5.68. The largest absolute Gasteiger partial charge is 0.518 e. The Kier molecular flexibility index (Phi) is 8.54.